The molecular weight excluding hydrogens is 471 g/mol. The first-order chi connectivity index (χ1) is 15.5. The molecule has 4 rings (SSSR count). The Kier molecular flexibility index (Phi) is 7.52. The summed E-state index contributed by atoms with van der Waals surface area (Å²) in [6, 6.07) is 8.72. The van der Waals surface area contributed by atoms with E-state index in [4.69, 9.17) is 14.2 Å². The van der Waals surface area contributed by atoms with Crippen molar-refractivity contribution >= 4 is 51.5 Å². The fraction of sp³-hybridized carbons (Fsp3) is 0.136. The zero-order chi connectivity index (χ0) is 22.7. The molecule has 0 atom stereocenters. The van der Waals surface area contributed by atoms with Crippen molar-refractivity contribution in [3.8, 4) is 23.0 Å². The molecule has 4 aromatic rings. The van der Waals surface area contributed by atoms with Gasteiger partial charge in [0.15, 0.2) is 16.6 Å². The summed E-state index contributed by atoms with van der Waals surface area (Å²) in [6.45, 7) is 1.82. The molecule has 2 N–H and O–H groups in total. The predicted octanol–water partition coefficient (Wildman–Crippen LogP) is 6.01. The zero-order valence-corrected chi connectivity index (χ0v) is 19.5. The fourth-order valence-electron chi connectivity index (χ4n) is 2.99. The van der Waals surface area contributed by atoms with Crippen LogP contribution >= 0.6 is 23.7 Å². The maximum atomic E-state index is 14.6. The first kappa shape index (κ1) is 24.0. The average molecular weight is 491 g/mol. The molecule has 0 aliphatic heterocycles. The molecule has 2 aromatic carbocycles. The van der Waals surface area contributed by atoms with Gasteiger partial charge in [-0.3, -0.25) is 10.3 Å². The van der Waals surface area contributed by atoms with Gasteiger partial charge in [-0.2, -0.15) is 0 Å². The Labute approximate surface area is 199 Å². The number of methoxy groups -OCH3 is 2. The van der Waals surface area contributed by atoms with E-state index in [0.717, 1.165) is 5.69 Å². The second-order valence-electron chi connectivity index (χ2n) is 6.65. The number of anilines is 2. The molecule has 0 aliphatic carbocycles. The summed E-state index contributed by atoms with van der Waals surface area (Å²) in [7, 11) is 3.08. The highest BCUT2D eigenvalue weighted by molar-refractivity contribution is 7.13. The van der Waals surface area contributed by atoms with Crippen LogP contribution in [0.25, 0.3) is 10.9 Å². The van der Waals surface area contributed by atoms with Crippen LogP contribution in [0.4, 0.5) is 20.0 Å². The second kappa shape index (κ2) is 10.3. The Morgan fingerprint density at radius 3 is 2.45 bits per heavy atom. The van der Waals surface area contributed by atoms with Gasteiger partial charge in [0.2, 0.25) is 0 Å². The summed E-state index contributed by atoms with van der Waals surface area (Å²) in [6.07, 6.45) is 1.58. The summed E-state index contributed by atoms with van der Waals surface area (Å²) in [4.78, 5) is 20.5. The number of carbonyl (C=O) groups is 1. The largest absolute Gasteiger partial charge is 0.493 e. The molecule has 0 fully saturated rings. The van der Waals surface area contributed by atoms with Crippen LogP contribution in [0.3, 0.4) is 0 Å². The molecular formula is C22H20ClFN4O4S. The SMILES string of the molecule is COc1cc2nccc(Oc3ccc(NC(=O)Nc4nc(C)cs4)c(F)c3)c2cc1OC.Cl. The molecule has 8 nitrogen and oxygen atoms in total. The van der Waals surface area contributed by atoms with Crippen LogP contribution in [-0.2, 0) is 0 Å². The van der Waals surface area contributed by atoms with Crippen molar-refractivity contribution in [2.24, 2.45) is 0 Å². The summed E-state index contributed by atoms with van der Waals surface area (Å²) >= 11 is 1.28. The molecule has 0 radical (unpaired) electrons. The van der Waals surface area contributed by atoms with Crippen molar-refractivity contribution in [1.29, 1.82) is 0 Å². The lowest BCUT2D eigenvalue weighted by Gasteiger charge is -2.13. The number of pyridine rings is 1. The van der Waals surface area contributed by atoms with Crippen LogP contribution in [0.2, 0.25) is 0 Å². The number of amides is 2. The third kappa shape index (κ3) is 5.41. The van der Waals surface area contributed by atoms with E-state index in [0.29, 0.717) is 33.3 Å². The molecule has 2 amide bonds. The van der Waals surface area contributed by atoms with Crippen LogP contribution in [-0.4, -0.2) is 30.2 Å². The number of carbonyl (C=O) groups excluding carboxylic acids is 1. The molecule has 0 spiro atoms. The van der Waals surface area contributed by atoms with Crippen molar-refractivity contribution in [3.63, 3.8) is 0 Å². The Morgan fingerprint density at radius 1 is 1.03 bits per heavy atom. The minimum atomic E-state index is -0.648. The fourth-order valence-corrected chi connectivity index (χ4v) is 3.67. The standard InChI is InChI=1S/C22H19FN4O4S.ClH/c1-12-11-32-22(25-12)27-21(28)26-16-5-4-13(8-15(16)23)31-18-6-7-24-17-10-20(30-3)19(29-2)9-14(17)18;/h4-11H,1-3H3,(H2,25,26,27,28);1H. The first-order valence-electron chi connectivity index (χ1n) is 9.45. The maximum Gasteiger partial charge on any atom is 0.325 e. The van der Waals surface area contributed by atoms with Crippen molar-refractivity contribution in [2.75, 3.05) is 24.9 Å². The molecule has 0 bridgehead atoms. The van der Waals surface area contributed by atoms with E-state index in [1.165, 1.54) is 30.6 Å². The van der Waals surface area contributed by atoms with Gasteiger partial charge in [0.05, 0.1) is 31.1 Å². The van der Waals surface area contributed by atoms with Crippen LogP contribution in [0, 0.1) is 12.7 Å². The molecule has 2 heterocycles. The van der Waals surface area contributed by atoms with E-state index in [-0.39, 0.29) is 23.8 Å². The Hall–Kier alpha value is -3.63. The van der Waals surface area contributed by atoms with Crippen LogP contribution < -0.4 is 24.8 Å². The van der Waals surface area contributed by atoms with E-state index >= 15 is 0 Å². The summed E-state index contributed by atoms with van der Waals surface area (Å²) in [5.41, 5.74) is 1.43. The molecule has 11 heteroatoms. The van der Waals surface area contributed by atoms with Crippen molar-refractivity contribution in [2.45, 2.75) is 6.92 Å². The third-order valence-electron chi connectivity index (χ3n) is 4.46. The van der Waals surface area contributed by atoms with Crippen LogP contribution in [0.1, 0.15) is 5.69 Å². The van der Waals surface area contributed by atoms with Gasteiger partial charge in [-0.15, -0.1) is 23.7 Å². The van der Waals surface area contributed by atoms with E-state index in [9.17, 15) is 9.18 Å². The number of ether oxygens (including phenoxy) is 3. The highest BCUT2D eigenvalue weighted by Gasteiger charge is 2.13. The molecule has 0 unspecified atom stereocenters. The van der Waals surface area contributed by atoms with Gasteiger partial charge in [0.25, 0.3) is 0 Å². The number of aromatic nitrogens is 2. The summed E-state index contributed by atoms with van der Waals surface area (Å²) < 4.78 is 31.1. The lowest BCUT2D eigenvalue weighted by atomic mass is 10.2. The van der Waals surface area contributed by atoms with Gasteiger partial charge < -0.3 is 19.5 Å². The second-order valence-corrected chi connectivity index (χ2v) is 7.51. The van der Waals surface area contributed by atoms with Gasteiger partial charge in [0, 0.05) is 29.1 Å². The third-order valence-corrected chi connectivity index (χ3v) is 5.34. The van der Waals surface area contributed by atoms with Crippen LogP contribution in [0.15, 0.2) is 48.0 Å². The molecule has 0 aliphatic rings. The predicted molar refractivity (Wildman–Crippen MR) is 128 cm³/mol. The average Bonchev–Trinajstić information content (AvgIpc) is 3.19. The Balaban J connectivity index is 0.00000306. The number of thiazole rings is 1. The van der Waals surface area contributed by atoms with Crippen LogP contribution in [0.5, 0.6) is 23.0 Å². The number of rotatable bonds is 6. The van der Waals surface area contributed by atoms with Gasteiger partial charge in [-0.1, -0.05) is 0 Å². The molecule has 0 saturated heterocycles. The van der Waals surface area contributed by atoms with Crippen molar-refractivity contribution in [1.82, 2.24) is 9.97 Å². The molecule has 2 aromatic heterocycles. The van der Waals surface area contributed by atoms with E-state index < -0.39 is 11.8 Å². The van der Waals surface area contributed by atoms with Crippen molar-refractivity contribution < 1.29 is 23.4 Å². The van der Waals surface area contributed by atoms with E-state index in [1.807, 2.05) is 6.92 Å². The Morgan fingerprint density at radius 2 is 1.79 bits per heavy atom. The number of nitrogens with zero attached hydrogens (tertiary/aromatic N) is 2. The topological polar surface area (TPSA) is 94.6 Å². The number of urea groups is 1. The first-order valence-corrected chi connectivity index (χ1v) is 10.3. The number of fused-ring (bicyclic) bond motifs is 1. The molecule has 172 valence electrons. The monoisotopic (exact) mass is 490 g/mol. The zero-order valence-electron chi connectivity index (χ0n) is 17.8. The molecule has 0 saturated carbocycles. The number of nitrogens with one attached hydrogen (secondary N) is 2. The number of aryl methyl sites for hydroxylation is 1. The minimum Gasteiger partial charge on any atom is -0.493 e. The lowest BCUT2D eigenvalue weighted by Crippen LogP contribution is -2.20. The number of hydrogen-bond acceptors (Lipinski definition) is 7. The van der Waals surface area contributed by atoms with E-state index in [2.05, 4.69) is 20.6 Å². The highest BCUT2D eigenvalue weighted by atomic mass is 35.5. The normalized spacial score (nSPS) is 10.3. The smallest absolute Gasteiger partial charge is 0.325 e. The van der Waals surface area contributed by atoms with Gasteiger partial charge in [-0.05, 0) is 31.2 Å². The quantitative estimate of drug-likeness (QED) is 0.343. The van der Waals surface area contributed by atoms with Gasteiger partial charge in [-0.25, -0.2) is 14.2 Å². The van der Waals surface area contributed by atoms with Crippen molar-refractivity contribution in [3.05, 3.63) is 59.5 Å². The van der Waals surface area contributed by atoms with Gasteiger partial charge >= 0.3 is 6.03 Å². The molecule has 33 heavy (non-hydrogen) atoms. The Bertz CT molecular complexity index is 1300. The number of benzene rings is 2. The lowest BCUT2D eigenvalue weighted by molar-refractivity contribution is 0.262. The highest BCUT2D eigenvalue weighted by Crippen LogP contribution is 2.37. The van der Waals surface area contributed by atoms with E-state index in [1.54, 1.807) is 43.0 Å². The number of hydrogen-bond donors (Lipinski definition) is 2. The summed E-state index contributed by atoms with van der Waals surface area (Å²) in [5.74, 6) is 1.13. The number of halogens is 2. The minimum absolute atomic E-state index is 0. The summed E-state index contributed by atoms with van der Waals surface area (Å²) in [5, 5.41) is 7.93. The maximum absolute atomic E-state index is 14.6. The van der Waals surface area contributed by atoms with Gasteiger partial charge in [0.1, 0.15) is 17.3 Å².